The van der Waals surface area contributed by atoms with Gasteiger partial charge in [0.1, 0.15) is 5.75 Å². The maximum Gasteiger partial charge on any atom is 0.123 e. The number of likely N-dealkylation sites (tertiary alicyclic amines) is 2. The van der Waals surface area contributed by atoms with Crippen LogP contribution in [0.5, 0.6) is 5.75 Å². The lowest BCUT2D eigenvalue weighted by molar-refractivity contribution is -0.0119. The van der Waals surface area contributed by atoms with Gasteiger partial charge in [-0.2, -0.15) is 0 Å². The van der Waals surface area contributed by atoms with Crippen LogP contribution in [-0.2, 0) is 6.54 Å². The van der Waals surface area contributed by atoms with Crippen LogP contribution in [0.15, 0.2) is 48.5 Å². The van der Waals surface area contributed by atoms with Crippen LogP contribution in [0, 0.1) is 0 Å². The quantitative estimate of drug-likeness (QED) is 0.729. The molecule has 2 saturated heterocycles. The summed E-state index contributed by atoms with van der Waals surface area (Å²) in [5, 5.41) is 0.877. The van der Waals surface area contributed by atoms with Crippen molar-refractivity contribution in [3.05, 3.63) is 64.7 Å². The molecule has 2 unspecified atom stereocenters. The van der Waals surface area contributed by atoms with Crippen molar-refractivity contribution in [1.29, 1.82) is 0 Å². The molecule has 2 aliphatic heterocycles. The molecule has 138 valence electrons. The van der Waals surface area contributed by atoms with Crippen molar-refractivity contribution in [2.24, 2.45) is 0 Å². The Morgan fingerprint density at radius 2 is 1.77 bits per heavy atom. The van der Waals surface area contributed by atoms with Crippen LogP contribution in [0.25, 0.3) is 0 Å². The highest BCUT2D eigenvalue weighted by atomic mass is 35.5. The minimum absolute atomic E-state index is 0.390. The van der Waals surface area contributed by atoms with E-state index in [4.69, 9.17) is 16.3 Å². The molecule has 0 amide bonds. The zero-order valence-corrected chi connectivity index (χ0v) is 16.2. The summed E-state index contributed by atoms with van der Waals surface area (Å²) in [7, 11) is 1.75. The fraction of sp³-hybridized carbons (Fsp3) is 0.455. The number of benzene rings is 2. The molecule has 2 fully saturated rings. The van der Waals surface area contributed by atoms with E-state index in [2.05, 4.69) is 40.1 Å². The molecule has 2 aromatic rings. The molecule has 2 atom stereocenters. The molecular weight excluding hydrogens is 344 g/mol. The first-order valence-corrected chi connectivity index (χ1v) is 9.98. The Labute approximate surface area is 161 Å². The maximum atomic E-state index is 6.51. The third-order valence-corrected chi connectivity index (χ3v) is 6.19. The second kappa shape index (κ2) is 7.99. The van der Waals surface area contributed by atoms with Crippen LogP contribution < -0.4 is 4.74 Å². The standard InChI is InChI=1S/C22H27ClN2O/c1-26-22-11-5-2-8-17(22)15-25-18(16-24-12-6-7-13-24)14-21(25)19-9-3-4-10-20(19)23/h2-5,8-11,18,21H,6-7,12-16H2,1H3. The van der Waals surface area contributed by atoms with Gasteiger partial charge in [0, 0.05) is 35.8 Å². The van der Waals surface area contributed by atoms with Crippen LogP contribution in [-0.4, -0.2) is 42.6 Å². The first-order valence-electron chi connectivity index (χ1n) is 9.60. The van der Waals surface area contributed by atoms with Gasteiger partial charge in [-0.3, -0.25) is 4.90 Å². The first kappa shape index (κ1) is 17.8. The van der Waals surface area contributed by atoms with Crippen LogP contribution >= 0.6 is 11.6 Å². The van der Waals surface area contributed by atoms with E-state index >= 15 is 0 Å². The Morgan fingerprint density at radius 3 is 2.54 bits per heavy atom. The van der Waals surface area contributed by atoms with Gasteiger partial charge in [0.2, 0.25) is 0 Å². The number of halogens is 1. The molecule has 3 nitrogen and oxygen atoms in total. The second-order valence-corrected chi connectivity index (χ2v) is 7.83. The van der Waals surface area contributed by atoms with Gasteiger partial charge in [-0.25, -0.2) is 0 Å². The lowest BCUT2D eigenvalue weighted by atomic mass is 9.86. The van der Waals surface area contributed by atoms with E-state index in [1.165, 1.54) is 43.5 Å². The summed E-state index contributed by atoms with van der Waals surface area (Å²) in [6.07, 6.45) is 3.86. The highest BCUT2D eigenvalue weighted by Crippen LogP contribution is 2.43. The summed E-state index contributed by atoms with van der Waals surface area (Å²) in [5.41, 5.74) is 2.50. The molecule has 2 aliphatic rings. The lowest BCUT2D eigenvalue weighted by Gasteiger charge is -2.50. The number of para-hydroxylation sites is 1. The zero-order valence-electron chi connectivity index (χ0n) is 15.4. The first-order chi connectivity index (χ1) is 12.8. The van der Waals surface area contributed by atoms with Crippen molar-refractivity contribution in [2.75, 3.05) is 26.7 Å². The Morgan fingerprint density at radius 1 is 1.04 bits per heavy atom. The summed E-state index contributed by atoms with van der Waals surface area (Å²) >= 11 is 6.51. The Balaban J connectivity index is 1.56. The predicted molar refractivity (Wildman–Crippen MR) is 107 cm³/mol. The molecule has 26 heavy (non-hydrogen) atoms. The van der Waals surface area contributed by atoms with Gasteiger partial charge < -0.3 is 9.64 Å². The third-order valence-electron chi connectivity index (χ3n) is 5.84. The molecular formula is C22H27ClN2O. The van der Waals surface area contributed by atoms with E-state index in [1.807, 2.05) is 18.2 Å². The van der Waals surface area contributed by atoms with Gasteiger partial charge in [-0.1, -0.05) is 48.0 Å². The van der Waals surface area contributed by atoms with E-state index in [9.17, 15) is 0 Å². The van der Waals surface area contributed by atoms with Gasteiger partial charge in [0.25, 0.3) is 0 Å². The van der Waals surface area contributed by atoms with Crippen molar-refractivity contribution < 1.29 is 4.74 Å². The minimum atomic E-state index is 0.390. The van der Waals surface area contributed by atoms with E-state index in [0.29, 0.717) is 12.1 Å². The minimum Gasteiger partial charge on any atom is -0.496 e. The van der Waals surface area contributed by atoms with Gasteiger partial charge >= 0.3 is 0 Å². The SMILES string of the molecule is COc1ccccc1CN1C(CN2CCCC2)CC1c1ccccc1Cl. The summed E-state index contributed by atoms with van der Waals surface area (Å²) in [6, 6.07) is 17.6. The highest BCUT2D eigenvalue weighted by molar-refractivity contribution is 6.31. The zero-order chi connectivity index (χ0) is 17.9. The van der Waals surface area contributed by atoms with Crippen LogP contribution in [0.2, 0.25) is 5.02 Å². The summed E-state index contributed by atoms with van der Waals surface area (Å²) < 4.78 is 5.59. The van der Waals surface area contributed by atoms with Crippen molar-refractivity contribution in [2.45, 2.75) is 37.9 Å². The maximum absolute atomic E-state index is 6.51. The fourth-order valence-corrected chi connectivity index (χ4v) is 4.67. The van der Waals surface area contributed by atoms with Gasteiger partial charge in [-0.05, 0) is 50.0 Å². The van der Waals surface area contributed by atoms with Crippen LogP contribution in [0.3, 0.4) is 0 Å². The van der Waals surface area contributed by atoms with Crippen LogP contribution in [0.4, 0.5) is 0 Å². The van der Waals surface area contributed by atoms with E-state index < -0.39 is 0 Å². The van der Waals surface area contributed by atoms with E-state index in [-0.39, 0.29) is 0 Å². The number of nitrogens with zero attached hydrogens (tertiary/aromatic N) is 2. The molecule has 2 heterocycles. The third kappa shape index (κ3) is 3.62. The van der Waals surface area contributed by atoms with Crippen molar-refractivity contribution in [3.63, 3.8) is 0 Å². The average molecular weight is 371 g/mol. The molecule has 0 N–H and O–H groups in total. The van der Waals surface area contributed by atoms with E-state index in [0.717, 1.165) is 23.9 Å². The molecule has 0 aliphatic carbocycles. The fourth-order valence-electron chi connectivity index (χ4n) is 4.41. The van der Waals surface area contributed by atoms with Crippen molar-refractivity contribution >= 4 is 11.6 Å². The number of hydrogen-bond acceptors (Lipinski definition) is 3. The van der Waals surface area contributed by atoms with Gasteiger partial charge in [0.15, 0.2) is 0 Å². The molecule has 0 radical (unpaired) electrons. The molecule has 0 saturated carbocycles. The summed E-state index contributed by atoms with van der Waals surface area (Å²) in [4.78, 5) is 5.22. The Bertz CT molecular complexity index is 744. The smallest absolute Gasteiger partial charge is 0.123 e. The second-order valence-electron chi connectivity index (χ2n) is 7.42. The number of methoxy groups -OCH3 is 1. The summed E-state index contributed by atoms with van der Waals surface area (Å²) in [5.74, 6) is 0.970. The highest BCUT2D eigenvalue weighted by Gasteiger charge is 2.41. The number of rotatable bonds is 6. The average Bonchev–Trinajstić information content (AvgIpc) is 3.17. The number of hydrogen-bond donors (Lipinski definition) is 0. The van der Waals surface area contributed by atoms with E-state index in [1.54, 1.807) is 7.11 Å². The van der Waals surface area contributed by atoms with Crippen molar-refractivity contribution in [3.8, 4) is 5.75 Å². The number of ether oxygens (including phenoxy) is 1. The molecule has 0 bridgehead atoms. The lowest BCUT2D eigenvalue weighted by Crippen LogP contribution is -2.54. The Hall–Kier alpha value is -1.55. The topological polar surface area (TPSA) is 15.7 Å². The predicted octanol–water partition coefficient (Wildman–Crippen LogP) is 4.76. The molecule has 4 rings (SSSR count). The molecule has 4 heteroatoms. The molecule has 0 aromatic heterocycles. The van der Waals surface area contributed by atoms with Crippen LogP contribution in [0.1, 0.15) is 36.4 Å². The molecule has 2 aromatic carbocycles. The largest absolute Gasteiger partial charge is 0.496 e. The van der Waals surface area contributed by atoms with Gasteiger partial charge in [-0.15, -0.1) is 0 Å². The van der Waals surface area contributed by atoms with Gasteiger partial charge in [0.05, 0.1) is 7.11 Å². The monoisotopic (exact) mass is 370 g/mol. The van der Waals surface area contributed by atoms with Crippen molar-refractivity contribution in [1.82, 2.24) is 9.80 Å². The Kier molecular flexibility index (Phi) is 5.49. The molecule has 0 spiro atoms. The normalized spacial score (nSPS) is 23.8. The summed E-state index contributed by atoms with van der Waals surface area (Å²) in [6.45, 7) is 4.56.